The third-order valence-corrected chi connectivity index (χ3v) is 7.19. The lowest BCUT2D eigenvalue weighted by atomic mass is 9.89. The SMILES string of the molecule is Cc1ccc(Cl)cc1N([C@H](C)C(=O)N[C@H](C)c1ccc2c(c1)CCCC2)S(C)(=O)=O. The predicted molar refractivity (Wildman–Crippen MR) is 123 cm³/mol. The molecule has 30 heavy (non-hydrogen) atoms. The molecule has 0 saturated heterocycles. The molecule has 0 unspecified atom stereocenters. The second-order valence-corrected chi connectivity index (χ2v) is 10.4. The number of rotatable bonds is 6. The first-order valence-corrected chi connectivity index (χ1v) is 12.5. The molecule has 0 bridgehead atoms. The maximum atomic E-state index is 13.0. The normalized spacial score (nSPS) is 15.8. The van der Waals surface area contributed by atoms with Crippen LogP contribution in [0.25, 0.3) is 0 Å². The Kier molecular flexibility index (Phi) is 6.78. The van der Waals surface area contributed by atoms with Crippen molar-refractivity contribution in [3.05, 3.63) is 63.7 Å². The van der Waals surface area contributed by atoms with Gasteiger partial charge in [-0.15, -0.1) is 0 Å². The fourth-order valence-corrected chi connectivity index (χ4v) is 5.43. The van der Waals surface area contributed by atoms with Crippen LogP contribution in [0.2, 0.25) is 5.02 Å². The van der Waals surface area contributed by atoms with Crippen LogP contribution in [0.3, 0.4) is 0 Å². The number of nitrogens with one attached hydrogen (secondary N) is 1. The lowest BCUT2D eigenvalue weighted by Gasteiger charge is -2.30. The van der Waals surface area contributed by atoms with Crippen molar-refractivity contribution in [2.75, 3.05) is 10.6 Å². The van der Waals surface area contributed by atoms with Crippen LogP contribution in [0.1, 0.15) is 55.0 Å². The van der Waals surface area contributed by atoms with Gasteiger partial charge in [-0.1, -0.05) is 35.9 Å². The molecule has 3 rings (SSSR count). The maximum Gasteiger partial charge on any atom is 0.244 e. The van der Waals surface area contributed by atoms with Crippen molar-refractivity contribution in [3.8, 4) is 0 Å². The first-order chi connectivity index (χ1) is 14.1. The Bertz CT molecular complexity index is 1050. The van der Waals surface area contributed by atoms with Gasteiger partial charge in [0, 0.05) is 5.02 Å². The molecule has 2 aromatic rings. The van der Waals surface area contributed by atoms with Crippen LogP contribution in [-0.4, -0.2) is 26.6 Å². The first kappa shape index (κ1) is 22.6. The summed E-state index contributed by atoms with van der Waals surface area (Å²) in [6, 6.07) is 10.2. The lowest BCUT2D eigenvalue weighted by Crippen LogP contribution is -2.48. The fraction of sp³-hybridized carbons (Fsp3) is 0.435. The Labute approximate surface area is 184 Å². The number of halogens is 1. The Morgan fingerprint density at radius 1 is 1.07 bits per heavy atom. The molecule has 0 aromatic heterocycles. The highest BCUT2D eigenvalue weighted by molar-refractivity contribution is 7.92. The molecule has 0 saturated carbocycles. The summed E-state index contributed by atoms with van der Waals surface area (Å²) in [7, 11) is -3.70. The number of hydrogen-bond acceptors (Lipinski definition) is 3. The van der Waals surface area contributed by atoms with Crippen molar-refractivity contribution in [3.63, 3.8) is 0 Å². The molecule has 1 aliphatic carbocycles. The van der Waals surface area contributed by atoms with Crippen LogP contribution in [0.5, 0.6) is 0 Å². The van der Waals surface area contributed by atoms with Crippen LogP contribution < -0.4 is 9.62 Å². The van der Waals surface area contributed by atoms with E-state index in [1.54, 1.807) is 32.0 Å². The summed E-state index contributed by atoms with van der Waals surface area (Å²) in [5.41, 5.74) is 4.90. The Morgan fingerprint density at radius 2 is 1.73 bits per heavy atom. The summed E-state index contributed by atoms with van der Waals surface area (Å²) in [5, 5.41) is 3.40. The molecule has 1 N–H and O–H groups in total. The predicted octanol–water partition coefficient (Wildman–Crippen LogP) is 4.56. The Balaban J connectivity index is 1.83. The number of benzene rings is 2. The minimum atomic E-state index is -3.70. The van der Waals surface area contributed by atoms with Gasteiger partial charge >= 0.3 is 0 Å². The molecule has 0 spiro atoms. The minimum Gasteiger partial charge on any atom is -0.348 e. The van der Waals surface area contributed by atoms with E-state index in [4.69, 9.17) is 11.6 Å². The number of carbonyl (C=O) groups is 1. The van der Waals surface area contributed by atoms with Gasteiger partial charge in [-0.25, -0.2) is 8.42 Å². The summed E-state index contributed by atoms with van der Waals surface area (Å²) in [5.74, 6) is -0.356. The molecule has 1 aliphatic rings. The quantitative estimate of drug-likeness (QED) is 0.704. The fourth-order valence-electron chi connectivity index (χ4n) is 4.04. The van der Waals surface area contributed by atoms with Gasteiger partial charge in [0.25, 0.3) is 0 Å². The van der Waals surface area contributed by atoms with Crippen molar-refractivity contribution >= 4 is 33.2 Å². The number of amides is 1. The molecule has 162 valence electrons. The molecule has 0 aliphatic heterocycles. The zero-order valence-electron chi connectivity index (χ0n) is 17.9. The second kappa shape index (κ2) is 8.98. The molecule has 0 heterocycles. The van der Waals surface area contributed by atoms with Gasteiger partial charge in [0.05, 0.1) is 18.0 Å². The molecule has 5 nitrogen and oxygen atoms in total. The Morgan fingerprint density at radius 3 is 2.40 bits per heavy atom. The summed E-state index contributed by atoms with van der Waals surface area (Å²) in [4.78, 5) is 13.0. The average molecular weight is 449 g/mol. The van der Waals surface area contributed by atoms with Crippen molar-refractivity contribution in [1.29, 1.82) is 0 Å². The smallest absolute Gasteiger partial charge is 0.244 e. The van der Waals surface area contributed by atoms with Gasteiger partial charge in [0.1, 0.15) is 6.04 Å². The minimum absolute atomic E-state index is 0.228. The molecule has 0 fully saturated rings. The summed E-state index contributed by atoms with van der Waals surface area (Å²) in [6.07, 6.45) is 5.69. The van der Waals surface area contributed by atoms with Crippen molar-refractivity contribution in [2.45, 2.75) is 58.5 Å². The van der Waals surface area contributed by atoms with E-state index in [0.717, 1.165) is 34.5 Å². The molecular weight excluding hydrogens is 420 g/mol. The van der Waals surface area contributed by atoms with E-state index >= 15 is 0 Å². The zero-order chi connectivity index (χ0) is 22.1. The summed E-state index contributed by atoms with van der Waals surface area (Å²) >= 11 is 6.10. The molecule has 2 atom stereocenters. The van der Waals surface area contributed by atoms with E-state index in [1.807, 2.05) is 6.92 Å². The van der Waals surface area contributed by atoms with E-state index in [9.17, 15) is 13.2 Å². The first-order valence-electron chi connectivity index (χ1n) is 10.3. The number of aryl methyl sites for hydroxylation is 3. The number of nitrogens with zero attached hydrogens (tertiary/aromatic N) is 1. The highest BCUT2D eigenvalue weighted by atomic mass is 35.5. The van der Waals surface area contributed by atoms with Crippen LogP contribution in [0, 0.1) is 6.92 Å². The molecule has 1 amide bonds. The molecule has 0 radical (unpaired) electrons. The Hall–Kier alpha value is -2.05. The monoisotopic (exact) mass is 448 g/mol. The van der Waals surface area contributed by atoms with Crippen molar-refractivity contribution in [2.24, 2.45) is 0 Å². The van der Waals surface area contributed by atoms with Crippen molar-refractivity contribution in [1.82, 2.24) is 5.32 Å². The maximum absolute atomic E-state index is 13.0. The average Bonchev–Trinajstić information content (AvgIpc) is 2.69. The van der Waals surface area contributed by atoms with E-state index in [0.29, 0.717) is 10.7 Å². The third kappa shape index (κ3) is 4.98. The second-order valence-electron chi connectivity index (χ2n) is 8.13. The number of anilines is 1. The topological polar surface area (TPSA) is 66.5 Å². The highest BCUT2D eigenvalue weighted by Crippen LogP contribution is 2.29. The number of hydrogen-bond donors (Lipinski definition) is 1. The number of fused-ring (bicyclic) bond motifs is 1. The summed E-state index contributed by atoms with van der Waals surface area (Å²) in [6.45, 7) is 5.31. The van der Waals surface area contributed by atoms with Gasteiger partial charge in [0.15, 0.2) is 0 Å². The van der Waals surface area contributed by atoms with Gasteiger partial charge in [-0.3, -0.25) is 9.10 Å². The molecular formula is C23H29ClN2O3S. The van der Waals surface area contributed by atoms with E-state index in [1.165, 1.54) is 24.0 Å². The van der Waals surface area contributed by atoms with Crippen LogP contribution in [0.4, 0.5) is 5.69 Å². The summed E-state index contributed by atoms with van der Waals surface area (Å²) < 4.78 is 26.3. The molecule has 7 heteroatoms. The molecule has 2 aromatic carbocycles. The van der Waals surface area contributed by atoms with Gasteiger partial charge < -0.3 is 5.32 Å². The van der Waals surface area contributed by atoms with Gasteiger partial charge in [0.2, 0.25) is 15.9 Å². The van der Waals surface area contributed by atoms with E-state index in [-0.39, 0.29) is 11.9 Å². The highest BCUT2D eigenvalue weighted by Gasteiger charge is 2.31. The standard InChI is InChI=1S/C23H29ClN2O3S/c1-15-9-12-21(24)14-22(15)26(30(4,28)29)17(3)23(27)25-16(2)19-11-10-18-7-5-6-8-20(18)13-19/h9-14,16-17H,5-8H2,1-4H3,(H,25,27)/t16-,17-/m1/s1. The number of sulfonamides is 1. The van der Waals surface area contributed by atoms with E-state index < -0.39 is 16.1 Å². The largest absolute Gasteiger partial charge is 0.348 e. The lowest BCUT2D eigenvalue weighted by molar-refractivity contribution is -0.122. The van der Waals surface area contributed by atoms with Gasteiger partial charge in [-0.2, -0.15) is 0 Å². The van der Waals surface area contributed by atoms with Crippen molar-refractivity contribution < 1.29 is 13.2 Å². The van der Waals surface area contributed by atoms with Crippen LogP contribution in [0.15, 0.2) is 36.4 Å². The zero-order valence-corrected chi connectivity index (χ0v) is 19.5. The third-order valence-electron chi connectivity index (χ3n) is 5.73. The van der Waals surface area contributed by atoms with E-state index in [2.05, 4.69) is 23.5 Å². The van der Waals surface area contributed by atoms with Gasteiger partial charge in [-0.05, 0) is 80.8 Å². The van der Waals surface area contributed by atoms with Crippen LogP contribution >= 0.6 is 11.6 Å². The van der Waals surface area contributed by atoms with Crippen LogP contribution in [-0.2, 0) is 27.7 Å². The number of carbonyl (C=O) groups excluding carboxylic acids is 1.